The van der Waals surface area contributed by atoms with E-state index in [-0.39, 0.29) is 11.6 Å². The first-order chi connectivity index (χ1) is 8.12. The number of hydrogen-bond donors (Lipinski definition) is 2. The maximum Gasteiger partial charge on any atom is 0.0654 e. The third kappa shape index (κ3) is 2.15. The summed E-state index contributed by atoms with van der Waals surface area (Å²) < 4.78 is 0. The lowest BCUT2D eigenvalue weighted by atomic mass is 9.83. The SMILES string of the molecule is Cc1sccc1C(NN)C1(N(C)C)CCCC1. The lowest BCUT2D eigenvalue weighted by Crippen LogP contribution is -2.53. The summed E-state index contributed by atoms with van der Waals surface area (Å²) in [6.07, 6.45) is 5.06. The number of nitrogens with two attached hydrogens (primary N) is 1. The summed E-state index contributed by atoms with van der Waals surface area (Å²) in [5.74, 6) is 5.86. The van der Waals surface area contributed by atoms with Crippen molar-refractivity contribution < 1.29 is 0 Å². The monoisotopic (exact) mass is 253 g/mol. The van der Waals surface area contributed by atoms with E-state index in [0.717, 1.165) is 0 Å². The Morgan fingerprint density at radius 3 is 2.47 bits per heavy atom. The number of aryl methyl sites for hydroxylation is 1. The summed E-state index contributed by atoms with van der Waals surface area (Å²) in [4.78, 5) is 3.74. The van der Waals surface area contributed by atoms with E-state index in [1.807, 2.05) is 0 Å². The van der Waals surface area contributed by atoms with Crippen molar-refractivity contribution in [3.05, 3.63) is 21.9 Å². The van der Waals surface area contributed by atoms with E-state index in [1.54, 1.807) is 11.3 Å². The van der Waals surface area contributed by atoms with Gasteiger partial charge in [-0.1, -0.05) is 12.8 Å². The maximum absolute atomic E-state index is 5.86. The van der Waals surface area contributed by atoms with E-state index < -0.39 is 0 Å². The minimum Gasteiger partial charge on any atom is -0.302 e. The van der Waals surface area contributed by atoms with Gasteiger partial charge in [0.05, 0.1) is 6.04 Å². The number of rotatable bonds is 4. The van der Waals surface area contributed by atoms with Gasteiger partial charge in [-0.2, -0.15) is 0 Å². The number of nitrogens with zero attached hydrogens (tertiary/aromatic N) is 1. The molecule has 1 fully saturated rings. The minimum atomic E-state index is 0.181. The largest absolute Gasteiger partial charge is 0.302 e. The smallest absolute Gasteiger partial charge is 0.0654 e. The van der Waals surface area contributed by atoms with Crippen LogP contribution in [0.15, 0.2) is 11.4 Å². The lowest BCUT2D eigenvalue weighted by Gasteiger charge is -2.43. The molecule has 1 unspecified atom stereocenters. The first kappa shape index (κ1) is 13.0. The molecule has 3 N–H and O–H groups in total. The van der Waals surface area contributed by atoms with Gasteiger partial charge in [0.25, 0.3) is 0 Å². The third-order valence-electron chi connectivity index (χ3n) is 4.27. The van der Waals surface area contributed by atoms with Crippen LogP contribution in [0.4, 0.5) is 0 Å². The van der Waals surface area contributed by atoms with Gasteiger partial charge in [-0.3, -0.25) is 11.3 Å². The van der Waals surface area contributed by atoms with Gasteiger partial charge in [-0.15, -0.1) is 11.3 Å². The predicted molar refractivity (Wildman–Crippen MR) is 74.0 cm³/mol. The van der Waals surface area contributed by atoms with Crippen molar-refractivity contribution in [2.45, 2.75) is 44.2 Å². The molecular weight excluding hydrogens is 230 g/mol. The quantitative estimate of drug-likeness (QED) is 0.639. The fraction of sp³-hybridized carbons (Fsp3) is 0.692. The maximum atomic E-state index is 5.86. The van der Waals surface area contributed by atoms with Crippen molar-refractivity contribution >= 4 is 11.3 Å². The standard InChI is InChI=1S/C13H23N3S/c1-10-11(6-9-17-10)12(15-14)13(16(2)3)7-4-5-8-13/h6,9,12,15H,4-5,7-8,14H2,1-3H3. The Morgan fingerprint density at radius 1 is 1.41 bits per heavy atom. The molecule has 0 amide bonds. The fourth-order valence-corrected chi connectivity index (χ4v) is 3.95. The fourth-order valence-electron chi connectivity index (χ4n) is 3.21. The first-order valence-corrected chi connectivity index (χ1v) is 7.17. The molecule has 0 radical (unpaired) electrons. The summed E-state index contributed by atoms with van der Waals surface area (Å²) in [6.45, 7) is 2.18. The molecule has 0 bridgehead atoms. The van der Waals surface area contributed by atoms with Crippen LogP contribution in [0.3, 0.4) is 0 Å². The van der Waals surface area contributed by atoms with Crippen LogP contribution in [0.25, 0.3) is 0 Å². The zero-order valence-electron chi connectivity index (χ0n) is 11.0. The van der Waals surface area contributed by atoms with Crippen LogP contribution in [0.2, 0.25) is 0 Å². The molecule has 1 heterocycles. The van der Waals surface area contributed by atoms with E-state index in [9.17, 15) is 0 Å². The van der Waals surface area contributed by atoms with Crippen LogP contribution < -0.4 is 11.3 Å². The molecule has 1 aliphatic rings. The molecule has 0 spiro atoms. The highest BCUT2D eigenvalue weighted by Gasteiger charge is 2.44. The van der Waals surface area contributed by atoms with Gasteiger partial charge in [0.2, 0.25) is 0 Å². The molecule has 3 nitrogen and oxygen atoms in total. The van der Waals surface area contributed by atoms with Crippen molar-refractivity contribution in [1.82, 2.24) is 10.3 Å². The number of hydrazine groups is 1. The number of thiophene rings is 1. The van der Waals surface area contributed by atoms with Crippen LogP contribution in [-0.4, -0.2) is 24.5 Å². The molecule has 0 saturated heterocycles. The molecule has 1 aliphatic carbocycles. The molecule has 0 aliphatic heterocycles. The second-order valence-corrected chi connectivity index (χ2v) is 6.36. The summed E-state index contributed by atoms with van der Waals surface area (Å²) in [5.41, 5.74) is 4.62. The molecule has 2 rings (SSSR count). The van der Waals surface area contributed by atoms with Crippen LogP contribution in [0, 0.1) is 6.92 Å². The second kappa shape index (κ2) is 5.06. The topological polar surface area (TPSA) is 41.3 Å². The Balaban J connectivity index is 2.37. The molecule has 1 aromatic heterocycles. The number of likely N-dealkylation sites (N-methyl/N-ethyl adjacent to an activating group) is 1. The van der Waals surface area contributed by atoms with Crippen molar-refractivity contribution in [3.63, 3.8) is 0 Å². The summed E-state index contributed by atoms with van der Waals surface area (Å²) in [6, 6.07) is 2.46. The van der Waals surface area contributed by atoms with Gasteiger partial charge in [0.15, 0.2) is 0 Å². The highest BCUT2D eigenvalue weighted by atomic mass is 32.1. The second-order valence-electron chi connectivity index (χ2n) is 5.24. The molecule has 1 aromatic rings. The van der Waals surface area contributed by atoms with Crippen LogP contribution in [0.1, 0.15) is 42.2 Å². The number of nitrogens with one attached hydrogen (secondary N) is 1. The predicted octanol–water partition coefficient (Wildman–Crippen LogP) is 2.44. The third-order valence-corrected chi connectivity index (χ3v) is 5.14. The summed E-state index contributed by atoms with van der Waals surface area (Å²) in [5, 5.41) is 2.16. The van der Waals surface area contributed by atoms with Crippen molar-refractivity contribution in [2.24, 2.45) is 5.84 Å². The van der Waals surface area contributed by atoms with Gasteiger partial charge < -0.3 is 4.90 Å². The van der Waals surface area contributed by atoms with Gasteiger partial charge >= 0.3 is 0 Å². The summed E-state index contributed by atoms with van der Waals surface area (Å²) >= 11 is 1.80. The Kier molecular flexibility index (Phi) is 3.88. The zero-order chi connectivity index (χ0) is 12.5. The van der Waals surface area contributed by atoms with Crippen LogP contribution in [-0.2, 0) is 0 Å². The highest BCUT2D eigenvalue weighted by Crippen LogP contribution is 2.44. The van der Waals surface area contributed by atoms with Crippen LogP contribution >= 0.6 is 11.3 Å². The molecule has 96 valence electrons. The lowest BCUT2D eigenvalue weighted by molar-refractivity contribution is 0.105. The van der Waals surface area contributed by atoms with Gasteiger partial charge in [0.1, 0.15) is 0 Å². The molecule has 1 saturated carbocycles. The molecule has 0 aromatic carbocycles. The number of hydrogen-bond acceptors (Lipinski definition) is 4. The van der Waals surface area contributed by atoms with Crippen molar-refractivity contribution in [1.29, 1.82) is 0 Å². The zero-order valence-corrected chi connectivity index (χ0v) is 11.8. The van der Waals surface area contributed by atoms with E-state index >= 15 is 0 Å². The average Bonchev–Trinajstić information content (AvgIpc) is 2.91. The molecule has 4 heteroatoms. The molecule has 17 heavy (non-hydrogen) atoms. The molecule has 1 atom stereocenters. The highest BCUT2D eigenvalue weighted by molar-refractivity contribution is 7.10. The van der Waals surface area contributed by atoms with Gasteiger partial charge in [-0.25, -0.2) is 0 Å². The normalized spacial score (nSPS) is 21.0. The van der Waals surface area contributed by atoms with Crippen molar-refractivity contribution in [2.75, 3.05) is 14.1 Å². The van der Waals surface area contributed by atoms with E-state index in [1.165, 1.54) is 36.1 Å². The van der Waals surface area contributed by atoms with Crippen LogP contribution in [0.5, 0.6) is 0 Å². The molecular formula is C13H23N3S. The Morgan fingerprint density at radius 2 is 2.06 bits per heavy atom. The van der Waals surface area contributed by atoms with Crippen molar-refractivity contribution in [3.8, 4) is 0 Å². The van der Waals surface area contributed by atoms with Gasteiger partial charge in [0, 0.05) is 10.4 Å². The Hall–Kier alpha value is -0.420. The van der Waals surface area contributed by atoms with E-state index in [0.29, 0.717) is 0 Å². The Bertz CT molecular complexity index is 366. The van der Waals surface area contributed by atoms with E-state index in [2.05, 4.69) is 42.8 Å². The van der Waals surface area contributed by atoms with E-state index in [4.69, 9.17) is 5.84 Å². The average molecular weight is 253 g/mol. The first-order valence-electron chi connectivity index (χ1n) is 6.29. The van der Waals surface area contributed by atoms with Gasteiger partial charge in [-0.05, 0) is 50.9 Å². The summed E-state index contributed by atoms with van der Waals surface area (Å²) in [7, 11) is 4.36. The minimum absolute atomic E-state index is 0.181. The Labute approximate surface area is 108 Å².